The van der Waals surface area contributed by atoms with Crippen LogP contribution >= 0.6 is 15.9 Å². The fourth-order valence-electron chi connectivity index (χ4n) is 0.727. The first-order valence-corrected chi connectivity index (χ1v) is 4.45. The Labute approximate surface area is 79.1 Å². The molecule has 0 spiro atoms. The van der Waals surface area contributed by atoms with Crippen LogP contribution in [-0.2, 0) is 11.8 Å². The summed E-state index contributed by atoms with van der Waals surface area (Å²) in [6.07, 6.45) is 3.35. The van der Waals surface area contributed by atoms with E-state index in [1.165, 1.54) is 0 Å². The lowest BCUT2D eigenvalue weighted by Gasteiger charge is -2.02. The molecule has 0 bridgehead atoms. The number of amides is 1. The minimum Gasteiger partial charge on any atom is -0.322 e. The molecule has 1 aromatic heterocycles. The van der Waals surface area contributed by atoms with E-state index in [-0.39, 0.29) is 10.7 Å². The van der Waals surface area contributed by atoms with E-state index in [1.807, 2.05) is 0 Å². The smallest absolute Gasteiger partial charge is 0.237 e. The number of nitrogens with zero attached hydrogens (tertiary/aromatic N) is 2. The summed E-state index contributed by atoms with van der Waals surface area (Å²) in [5.41, 5.74) is 0.716. The molecule has 0 radical (unpaired) electrons. The number of hydrogen-bond acceptors (Lipinski definition) is 2. The quantitative estimate of drug-likeness (QED) is 0.777. The second kappa shape index (κ2) is 3.71. The average Bonchev–Trinajstić information content (AvgIpc) is 2.35. The molecule has 0 saturated carbocycles. The molecule has 1 heterocycles. The van der Waals surface area contributed by atoms with Gasteiger partial charge >= 0.3 is 0 Å². The number of nitrogens with one attached hydrogen (secondary N) is 1. The van der Waals surface area contributed by atoms with Gasteiger partial charge in [0.05, 0.1) is 16.7 Å². The van der Waals surface area contributed by atoms with E-state index < -0.39 is 0 Å². The Balaban J connectivity index is 2.58. The number of carbonyl (C=O) groups excluding carboxylic acids is 1. The summed E-state index contributed by atoms with van der Waals surface area (Å²) >= 11 is 3.16. The molecule has 66 valence electrons. The van der Waals surface area contributed by atoms with Gasteiger partial charge in [0.1, 0.15) is 0 Å². The standard InChI is InChI=1S/C7H10BrN3O/c1-5(8)7(12)10-6-3-9-11(2)4-6/h3-5H,1-2H3,(H,10,12). The van der Waals surface area contributed by atoms with Crippen LogP contribution in [0.15, 0.2) is 12.4 Å². The normalized spacial score (nSPS) is 12.6. The monoisotopic (exact) mass is 231 g/mol. The molecule has 1 rings (SSSR count). The third-order valence-corrected chi connectivity index (χ3v) is 1.75. The fourth-order valence-corrected chi connectivity index (χ4v) is 0.842. The van der Waals surface area contributed by atoms with Crippen LogP contribution in [0.1, 0.15) is 6.92 Å². The number of carbonyl (C=O) groups is 1. The first kappa shape index (κ1) is 9.25. The molecule has 1 amide bonds. The average molecular weight is 232 g/mol. The Kier molecular flexibility index (Phi) is 2.86. The van der Waals surface area contributed by atoms with E-state index in [2.05, 4.69) is 26.3 Å². The van der Waals surface area contributed by atoms with E-state index in [4.69, 9.17) is 0 Å². The van der Waals surface area contributed by atoms with Crippen LogP contribution in [0.25, 0.3) is 0 Å². The van der Waals surface area contributed by atoms with Crippen molar-refractivity contribution in [2.24, 2.45) is 7.05 Å². The maximum atomic E-state index is 11.1. The van der Waals surface area contributed by atoms with Crippen LogP contribution in [0.3, 0.4) is 0 Å². The number of anilines is 1. The highest BCUT2D eigenvalue weighted by Crippen LogP contribution is 2.06. The molecule has 0 aliphatic carbocycles. The van der Waals surface area contributed by atoms with Gasteiger partial charge in [-0.1, -0.05) is 15.9 Å². The summed E-state index contributed by atoms with van der Waals surface area (Å²) < 4.78 is 1.63. The van der Waals surface area contributed by atoms with E-state index in [9.17, 15) is 4.79 Å². The second-order valence-electron chi connectivity index (χ2n) is 2.51. The van der Waals surface area contributed by atoms with Crippen LogP contribution in [-0.4, -0.2) is 20.5 Å². The predicted molar refractivity (Wildman–Crippen MR) is 50.2 cm³/mol. The molecule has 1 unspecified atom stereocenters. The Hall–Kier alpha value is -0.840. The van der Waals surface area contributed by atoms with Gasteiger partial charge in [-0.25, -0.2) is 0 Å². The summed E-state index contributed by atoms with van der Waals surface area (Å²) in [6, 6.07) is 0. The van der Waals surface area contributed by atoms with Crippen molar-refractivity contribution >= 4 is 27.5 Å². The van der Waals surface area contributed by atoms with Gasteiger partial charge in [0.25, 0.3) is 0 Å². The molecule has 5 heteroatoms. The van der Waals surface area contributed by atoms with Crippen LogP contribution in [0.5, 0.6) is 0 Å². The topological polar surface area (TPSA) is 46.9 Å². The van der Waals surface area contributed by atoms with Crippen molar-refractivity contribution in [3.05, 3.63) is 12.4 Å². The van der Waals surface area contributed by atoms with Crippen molar-refractivity contribution in [3.8, 4) is 0 Å². The van der Waals surface area contributed by atoms with Crippen molar-refractivity contribution in [1.82, 2.24) is 9.78 Å². The van der Waals surface area contributed by atoms with Gasteiger partial charge in [-0.3, -0.25) is 9.48 Å². The molecule has 1 N–H and O–H groups in total. The SMILES string of the molecule is CC(Br)C(=O)Nc1cnn(C)c1. The predicted octanol–water partition coefficient (Wildman–Crippen LogP) is 1.14. The van der Waals surface area contributed by atoms with Gasteiger partial charge in [-0.05, 0) is 6.92 Å². The number of aromatic nitrogens is 2. The zero-order valence-electron chi connectivity index (χ0n) is 6.91. The lowest BCUT2D eigenvalue weighted by Crippen LogP contribution is -2.19. The molecule has 4 nitrogen and oxygen atoms in total. The van der Waals surface area contributed by atoms with Gasteiger partial charge in [-0.15, -0.1) is 0 Å². The molecular weight excluding hydrogens is 222 g/mol. The maximum absolute atomic E-state index is 11.1. The third-order valence-electron chi connectivity index (χ3n) is 1.33. The molecule has 0 saturated heterocycles. The highest BCUT2D eigenvalue weighted by molar-refractivity contribution is 9.10. The van der Waals surface area contributed by atoms with E-state index in [0.29, 0.717) is 5.69 Å². The van der Waals surface area contributed by atoms with Gasteiger partial charge in [0.2, 0.25) is 5.91 Å². The summed E-state index contributed by atoms with van der Waals surface area (Å²) in [5.74, 6) is -0.0667. The van der Waals surface area contributed by atoms with Crippen LogP contribution < -0.4 is 5.32 Å². The Morgan fingerprint density at radius 1 is 1.83 bits per heavy atom. The summed E-state index contributed by atoms with van der Waals surface area (Å²) in [6.45, 7) is 1.77. The zero-order valence-corrected chi connectivity index (χ0v) is 8.50. The van der Waals surface area contributed by atoms with Gasteiger partial charge in [0, 0.05) is 13.2 Å². The first-order chi connectivity index (χ1) is 5.59. The fraction of sp³-hybridized carbons (Fsp3) is 0.429. The van der Waals surface area contributed by atoms with Crippen molar-refractivity contribution < 1.29 is 4.79 Å². The second-order valence-corrected chi connectivity index (χ2v) is 3.88. The third kappa shape index (κ3) is 2.34. The number of alkyl halides is 1. The number of rotatable bonds is 2. The lowest BCUT2D eigenvalue weighted by molar-refractivity contribution is -0.115. The molecular formula is C7H10BrN3O. The van der Waals surface area contributed by atoms with Gasteiger partial charge < -0.3 is 5.32 Å². The zero-order chi connectivity index (χ0) is 9.14. The summed E-state index contributed by atoms with van der Waals surface area (Å²) in [7, 11) is 1.80. The van der Waals surface area contributed by atoms with Gasteiger partial charge in [0.15, 0.2) is 0 Å². The van der Waals surface area contributed by atoms with Crippen LogP contribution in [0.4, 0.5) is 5.69 Å². The van der Waals surface area contributed by atoms with Gasteiger partial charge in [-0.2, -0.15) is 5.10 Å². The van der Waals surface area contributed by atoms with Crippen LogP contribution in [0.2, 0.25) is 0 Å². The lowest BCUT2D eigenvalue weighted by atomic mass is 10.4. The molecule has 0 fully saturated rings. The van der Waals surface area contributed by atoms with Crippen molar-refractivity contribution in [1.29, 1.82) is 0 Å². The summed E-state index contributed by atoms with van der Waals surface area (Å²) in [5, 5.41) is 6.61. The Morgan fingerprint density at radius 2 is 2.50 bits per heavy atom. The van der Waals surface area contributed by atoms with E-state index >= 15 is 0 Å². The molecule has 0 aliphatic rings. The number of hydrogen-bond donors (Lipinski definition) is 1. The minimum absolute atomic E-state index is 0.0667. The highest BCUT2D eigenvalue weighted by atomic mass is 79.9. The molecule has 1 atom stereocenters. The summed E-state index contributed by atoms with van der Waals surface area (Å²) in [4.78, 5) is 10.9. The van der Waals surface area contributed by atoms with E-state index in [1.54, 1.807) is 31.0 Å². The first-order valence-electron chi connectivity index (χ1n) is 3.53. The Morgan fingerprint density at radius 3 is 2.92 bits per heavy atom. The largest absolute Gasteiger partial charge is 0.322 e. The molecule has 12 heavy (non-hydrogen) atoms. The van der Waals surface area contributed by atoms with Crippen LogP contribution in [0, 0.1) is 0 Å². The maximum Gasteiger partial charge on any atom is 0.237 e. The number of halogens is 1. The number of aryl methyl sites for hydroxylation is 1. The Bertz CT molecular complexity index is 282. The molecule has 0 aliphatic heterocycles. The van der Waals surface area contributed by atoms with Crippen molar-refractivity contribution in [2.45, 2.75) is 11.8 Å². The van der Waals surface area contributed by atoms with Crippen molar-refractivity contribution in [3.63, 3.8) is 0 Å². The highest BCUT2D eigenvalue weighted by Gasteiger charge is 2.08. The molecule has 0 aromatic carbocycles. The van der Waals surface area contributed by atoms with Crippen molar-refractivity contribution in [2.75, 3.05) is 5.32 Å². The van der Waals surface area contributed by atoms with E-state index in [0.717, 1.165) is 0 Å². The molecule has 1 aromatic rings. The minimum atomic E-state index is -0.183.